The Morgan fingerprint density at radius 1 is 1.29 bits per heavy atom. The third-order valence-electron chi connectivity index (χ3n) is 4.61. The fourth-order valence-electron chi connectivity index (χ4n) is 3.60. The SMILES string of the molecule is CCCS(=O)(=O)c1ccccc1N1C[C@@H]2CCCN[C@@H]2C1. The average Bonchev–Trinajstić information content (AvgIpc) is 2.91. The van der Waals surface area contributed by atoms with Gasteiger partial charge in [0.05, 0.1) is 16.3 Å². The lowest BCUT2D eigenvalue weighted by Gasteiger charge is -2.24. The molecule has 0 amide bonds. The van der Waals surface area contributed by atoms with Crippen molar-refractivity contribution in [2.75, 3.05) is 30.3 Å². The number of fused-ring (bicyclic) bond motifs is 1. The number of rotatable bonds is 4. The van der Waals surface area contributed by atoms with Gasteiger partial charge in [0.15, 0.2) is 9.84 Å². The van der Waals surface area contributed by atoms with E-state index >= 15 is 0 Å². The smallest absolute Gasteiger partial charge is 0.180 e. The predicted octanol–water partition coefficient (Wildman–Crippen LogP) is 2.06. The van der Waals surface area contributed by atoms with Crippen LogP contribution in [-0.4, -0.2) is 39.8 Å². The molecule has 3 rings (SSSR count). The molecule has 0 aromatic heterocycles. The maximum Gasteiger partial charge on any atom is 0.180 e. The molecule has 4 nitrogen and oxygen atoms in total. The average molecular weight is 308 g/mol. The molecule has 2 atom stereocenters. The standard InChI is InChI=1S/C16H24N2O2S/c1-2-10-21(19,20)16-8-4-3-7-15(16)18-11-13-6-5-9-17-14(13)12-18/h3-4,7-8,13-14,17H,2,5-6,9-12H2,1H3/t13-,14+/m0/s1. The summed E-state index contributed by atoms with van der Waals surface area (Å²) < 4.78 is 25.0. The molecule has 0 bridgehead atoms. The minimum absolute atomic E-state index is 0.225. The summed E-state index contributed by atoms with van der Waals surface area (Å²) >= 11 is 0. The molecular weight excluding hydrogens is 284 g/mol. The van der Waals surface area contributed by atoms with Gasteiger partial charge in [-0.1, -0.05) is 19.1 Å². The second-order valence-corrected chi connectivity index (χ2v) is 8.23. The lowest BCUT2D eigenvalue weighted by molar-refractivity contribution is 0.340. The summed E-state index contributed by atoms with van der Waals surface area (Å²) in [7, 11) is -3.17. The highest BCUT2D eigenvalue weighted by Gasteiger charge is 2.35. The Kier molecular flexibility index (Phi) is 4.22. The number of benzene rings is 1. The van der Waals surface area contributed by atoms with E-state index in [1.165, 1.54) is 12.8 Å². The number of nitrogens with zero attached hydrogens (tertiary/aromatic N) is 1. The van der Waals surface area contributed by atoms with Gasteiger partial charge in [-0.15, -0.1) is 0 Å². The molecule has 1 N–H and O–H groups in total. The normalized spacial score (nSPS) is 25.9. The Morgan fingerprint density at radius 3 is 2.86 bits per heavy atom. The topological polar surface area (TPSA) is 49.4 Å². The monoisotopic (exact) mass is 308 g/mol. The van der Waals surface area contributed by atoms with Crippen LogP contribution in [0, 0.1) is 5.92 Å². The van der Waals surface area contributed by atoms with Crippen molar-refractivity contribution in [1.29, 1.82) is 0 Å². The van der Waals surface area contributed by atoms with Gasteiger partial charge in [0.25, 0.3) is 0 Å². The quantitative estimate of drug-likeness (QED) is 0.925. The lowest BCUT2D eigenvalue weighted by Crippen LogP contribution is -2.40. The Labute approximate surface area is 127 Å². The van der Waals surface area contributed by atoms with Crippen molar-refractivity contribution in [2.24, 2.45) is 5.92 Å². The van der Waals surface area contributed by atoms with E-state index in [0.29, 0.717) is 23.3 Å². The van der Waals surface area contributed by atoms with Gasteiger partial charge in [-0.05, 0) is 43.9 Å². The molecule has 2 fully saturated rings. The third-order valence-corrected chi connectivity index (χ3v) is 6.57. The van der Waals surface area contributed by atoms with Gasteiger partial charge in [0, 0.05) is 19.1 Å². The Hall–Kier alpha value is -1.07. The summed E-state index contributed by atoms with van der Waals surface area (Å²) in [5, 5.41) is 3.57. The molecule has 1 aromatic carbocycles. The zero-order chi connectivity index (χ0) is 14.9. The predicted molar refractivity (Wildman–Crippen MR) is 85.5 cm³/mol. The maximum absolute atomic E-state index is 12.5. The van der Waals surface area contributed by atoms with E-state index in [0.717, 1.165) is 25.3 Å². The molecule has 116 valence electrons. The van der Waals surface area contributed by atoms with Gasteiger partial charge >= 0.3 is 0 Å². The third kappa shape index (κ3) is 2.94. The highest BCUT2D eigenvalue weighted by atomic mass is 32.2. The van der Waals surface area contributed by atoms with Crippen molar-refractivity contribution in [2.45, 2.75) is 37.1 Å². The number of nitrogens with one attached hydrogen (secondary N) is 1. The largest absolute Gasteiger partial charge is 0.369 e. The van der Waals surface area contributed by atoms with Crippen LogP contribution in [0.3, 0.4) is 0 Å². The van der Waals surface area contributed by atoms with Crippen LogP contribution in [0.4, 0.5) is 5.69 Å². The molecule has 2 heterocycles. The first-order chi connectivity index (χ1) is 10.1. The summed E-state index contributed by atoms with van der Waals surface area (Å²) in [6, 6.07) is 8.00. The first-order valence-corrected chi connectivity index (χ1v) is 9.57. The first kappa shape index (κ1) is 14.9. The van der Waals surface area contributed by atoms with Crippen LogP contribution in [0.15, 0.2) is 29.2 Å². The summed E-state index contributed by atoms with van der Waals surface area (Å²) in [6.07, 6.45) is 3.13. The van der Waals surface area contributed by atoms with Crippen LogP contribution in [0.25, 0.3) is 0 Å². The Morgan fingerprint density at radius 2 is 2.10 bits per heavy atom. The van der Waals surface area contributed by atoms with Crippen LogP contribution >= 0.6 is 0 Å². The maximum atomic E-state index is 12.5. The number of sulfone groups is 1. The van der Waals surface area contributed by atoms with Gasteiger partial charge in [0.1, 0.15) is 0 Å². The molecule has 0 unspecified atom stereocenters. The van der Waals surface area contributed by atoms with E-state index in [-0.39, 0.29) is 5.75 Å². The minimum atomic E-state index is -3.17. The molecule has 5 heteroatoms. The van der Waals surface area contributed by atoms with Crippen molar-refractivity contribution in [3.63, 3.8) is 0 Å². The van der Waals surface area contributed by atoms with E-state index in [9.17, 15) is 8.42 Å². The van der Waals surface area contributed by atoms with Gasteiger partial charge in [-0.2, -0.15) is 0 Å². The first-order valence-electron chi connectivity index (χ1n) is 7.92. The van der Waals surface area contributed by atoms with Gasteiger partial charge in [-0.25, -0.2) is 8.42 Å². The molecule has 0 spiro atoms. The molecule has 2 aliphatic heterocycles. The van der Waals surface area contributed by atoms with E-state index in [1.807, 2.05) is 25.1 Å². The van der Waals surface area contributed by atoms with Crippen LogP contribution in [0.2, 0.25) is 0 Å². The van der Waals surface area contributed by atoms with E-state index < -0.39 is 9.84 Å². The van der Waals surface area contributed by atoms with Crippen molar-refractivity contribution in [1.82, 2.24) is 5.32 Å². The zero-order valence-corrected chi connectivity index (χ0v) is 13.4. The fourth-order valence-corrected chi connectivity index (χ4v) is 5.16. The molecule has 21 heavy (non-hydrogen) atoms. The molecular formula is C16H24N2O2S. The summed E-state index contributed by atoms with van der Waals surface area (Å²) in [6.45, 7) is 4.89. The molecule has 2 saturated heterocycles. The van der Waals surface area contributed by atoms with Crippen LogP contribution in [0.1, 0.15) is 26.2 Å². The molecule has 0 saturated carbocycles. The highest BCUT2D eigenvalue weighted by Crippen LogP contribution is 2.33. The Balaban J connectivity index is 1.89. The van der Waals surface area contributed by atoms with Crippen molar-refractivity contribution in [3.05, 3.63) is 24.3 Å². The fraction of sp³-hybridized carbons (Fsp3) is 0.625. The van der Waals surface area contributed by atoms with Crippen molar-refractivity contribution in [3.8, 4) is 0 Å². The number of piperidine rings is 1. The van der Waals surface area contributed by atoms with E-state index in [1.54, 1.807) is 6.07 Å². The van der Waals surface area contributed by atoms with Gasteiger partial charge in [0.2, 0.25) is 0 Å². The summed E-state index contributed by atoms with van der Waals surface area (Å²) in [4.78, 5) is 2.77. The number of hydrogen-bond donors (Lipinski definition) is 1. The van der Waals surface area contributed by atoms with Crippen molar-refractivity contribution >= 4 is 15.5 Å². The molecule has 0 aliphatic carbocycles. The van der Waals surface area contributed by atoms with Crippen LogP contribution < -0.4 is 10.2 Å². The van der Waals surface area contributed by atoms with Crippen LogP contribution in [0.5, 0.6) is 0 Å². The number of anilines is 1. The molecule has 1 aromatic rings. The molecule has 2 aliphatic rings. The molecule has 0 radical (unpaired) electrons. The zero-order valence-electron chi connectivity index (χ0n) is 12.6. The van der Waals surface area contributed by atoms with E-state index in [2.05, 4.69) is 10.2 Å². The number of hydrogen-bond acceptors (Lipinski definition) is 4. The van der Waals surface area contributed by atoms with Crippen LogP contribution in [-0.2, 0) is 9.84 Å². The van der Waals surface area contributed by atoms with Crippen molar-refractivity contribution < 1.29 is 8.42 Å². The highest BCUT2D eigenvalue weighted by molar-refractivity contribution is 7.91. The second kappa shape index (κ2) is 5.97. The Bertz CT molecular complexity index is 586. The number of para-hydroxylation sites is 1. The summed E-state index contributed by atoms with van der Waals surface area (Å²) in [5.41, 5.74) is 0.891. The van der Waals surface area contributed by atoms with Gasteiger partial charge in [-0.3, -0.25) is 0 Å². The lowest BCUT2D eigenvalue weighted by atomic mass is 9.94. The summed E-state index contributed by atoms with van der Waals surface area (Å²) in [5.74, 6) is 0.879. The minimum Gasteiger partial charge on any atom is -0.369 e. The van der Waals surface area contributed by atoms with Gasteiger partial charge < -0.3 is 10.2 Å². The second-order valence-electron chi connectivity index (χ2n) is 6.15. The van der Waals surface area contributed by atoms with E-state index in [4.69, 9.17) is 0 Å².